The number of rotatable bonds is 2. The molecule has 2 heterocycles. The molecule has 0 radical (unpaired) electrons. The van der Waals surface area contributed by atoms with Gasteiger partial charge in [-0.1, -0.05) is 0 Å². The van der Waals surface area contributed by atoms with Crippen molar-refractivity contribution in [3.8, 4) is 0 Å². The van der Waals surface area contributed by atoms with Gasteiger partial charge in [-0.2, -0.15) is 12.6 Å². The normalized spacial score (nSPS) is 28.4. The molecule has 2 rings (SSSR count). The minimum absolute atomic E-state index is 0.215. The molecule has 0 aromatic carbocycles. The Morgan fingerprint density at radius 3 is 2.31 bits per heavy atom. The summed E-state index contributed by atoms with van der Waals surface area (Å²) in [6.07, 6.45) is 2.03. The summed E-state index contributed by atoms with van der Waals surface area (Å²) in [6, 6.07) is 0. The number of hydrogen-bond donors (Lipinski definition) is 1. The predicted molar refractivity (Wildman–Crippen MR) is 54.2 cm³/mol. The summed E-state index contributed by atoms with van der Waals surface area (Å²) in [6.45, 7) is 4.79. The molecule has 0 aliphatic carbocycles. The first-order valence-electron chi connectivity index (χ1n) is 4.96. The van der Waals surface area contributed by atoms with E-state index in [1.165, 1.54) is 0 Å². The molecule has 0 aromatic rings. The Hall–Kier alpha value is 0.230. The molecule has 0 unspecified atom stereocenters. The fourth-order valence-corrected chi connectivity index (χ4v) is 2.33. The maximum absolute atomic E-state index is 5.64. The van der Waals surface area contributed by atoms with Gasteiger partial charge < -0.3 is 14.4 Å². The predicted octanol–water partition coefficient (Wildman–Crippen LogP) is 0.755. The molecule has 2 aliphatic rings. The summed E-state index contributed by atoms with van der Waals surface area (Å²) >= 11 is 4.23. The third-order valence-electron chi connectivity index (χ3n) is 2.85. The van der Waals surface area contributed by atoms with Gasteiger partial charge in [-0.05, 0) is 0 Å². The number of ether oxygens (including phenoxy) is 2. The van der Waals surface area contributed by atoms with Gasteiger partial charge in [-0.15, -0.1) is 0 Å². The molecule has 2 saturated heterocycles. The van der Waals surface area contributed by atoms with E-state index in [4.69, 9.17) is 9.47 Å². The number of likely N-dealkylation sites (tertiary alicyclic amines) is 1. The summed E-state index contributed by atoms with van der Waals surface area (Å²) < 4.78 is 11.3. The highest BCUT2D eigenvalue weighted by Crippen LogP contribution is 2.30. The van der Waals surface area contributed by atoms with E-state index in [-0.39, 0.29) is 5.79 Å². The topological polar surface area (TPSA) is 21.7 Å². The molecule has 4 heteroatoms. The molecule has 0 amide bonds. The van der Waals surface area contributed by atoms with Crippen molar-refractivity contribution in [3.05, 3.63) is 0 Å². The molecule has 0 aromatic heterocycles. The molecule has 0 N–H and O–H groups in total. The largest absolute Gasteiger partial charge is 0.347 e. The van der Waals surface area contributed by atoms with E-state index in [0.717, 1.165) is 51.4 Å². The van der Waals surface area contributed by atoms with Crippen molar-refractivity contribution in [1.29, 1.82) is 0 Å². The highest BCUT2D eigenvalue weighted by molar-refractivity contribution is 7.80. The summed E-state index contributed by atoms with van der Waals surface area (Å²) in [4.78, 5) is 2.42. The lowest BCUT2D eigenvalue weighted by Gasteiger charge is -2.37. The van der Waals surface area contributed by atoms with E-state index in [1.807, 2.05) is 0 Å². The van der Waals surface area contributed by atoms with Crippen molar-refractivity contribution >= 4 is 12.6 Å². The summed E-state index contributed by atoms with van der Waals surface area (Å²) in [5.74, 6) is 0.724. The van der Waals surface area contributed by atoms with Crippen molar-refractivity contribution in [1.82, 2.24) is 4.90 Å². The van der Waals surface area contributed by atoms with Crippen LogP contribution in [0.25, 0.3) is 0 Å². The summed E-state index contributed by atoms with van der Waals surface area (Å²) in [7, 11) is 0. The Morgan fingerprint density at radius 2 is 1.77 bits per heavy atom. The molecule has 3 nitrogen and oxygen atoms in total. The van der Waals surface area contributed by atoms with E-state index >= 15 is 0 Å². The van der Waals surface area contributed by atoms with Crippen LogP contribution in [0.5, 0.6) is 0 Å². The standard InChI is InChI=1S/C9H17NO2S/c13-8-5-10-3-1-9(2-4-10)11-6-7-12-9/h13H,1-8H2. The first-order chi connectivity index (χ1) is 6.35. The van der Waals surface area contributed by atoms with Gasteiger partial charge in [0.1, 0.15) is 0 Å². The van der Waals surface area contributed by atoms with Gasteiger partial charge >= 0.3 is 0 Å². The second-order valence-corrected chi connectivity index (χ2v) is 4.12. The number of nitrogens with zero attached hydrogens (tertiary/aromatic N) is 1. The second-order valence-electron chi connectivity index (χ2n) is 3.67. The van der Waals surface area contributed by atoms with E-state index in [0.29, 0.717) is 0 Å². The zero-order valence-corrected chi connectivity index (χ0v) is 8.76. The molecule has 1 spiro atoms. The van der Waals surface area contributed by atoms with Crippen LogP contribution in [0.3, 0.4) is 0 Å². The fraction of sp³-hybridized carbons (Fsp3) is 1.00. The third-order valence-corrected chi connectivity index (χ3v) is 3.05. The zero-order chi connectivity index (χ0) is 9.15. The Labute approximate surface area is 84.8 Å². The minimum atomic E-state index is -0.215. The van der Waals surface area contributed by atoms with E-state index in [2.05, 4.69) is 17.5 Å². The molecule has 0 saturated carbocycles. The SMILES string of the molecule is SCCN1CCC2(CC1)OCCO2. The van der Waals surface area contributed by atoms with Gasteiger partial charge in [0.25, 0.3) is 0 Å². The molecule has 2 aliphatic heterocycles. The Kier molecular flexibility index (Phi) is 3.14. The van der Waals surface area contributed by atoms with Crippen LogP contribution in [0.15, 0.2) is 0 Å². The van der Waals surface area contributed by atoms with E-state index in [1.54, 1.807) is 0 Å². The van der Waals surface area contributed by atoms with E-state index < -0.39 is 0 Å². The first kappa shape index (κ1) is 9.77. The van der Waals surface area contributed by atoms with Crippen molar-refractivity contribution in [2.75, 3.05) is 38.6 Å². The van der Waals surface area contributed by atoms with Gasteiger partial charge in [0.2, 0.25) is 0 Å². The average molecular weight is 203 g/mol. The quantitative estimate of drug-likeness (QED) is 0.670. The van der Waals surface area contributed by atoms with Gasteiger partial charge in [0.05, 0.1) is 13.2 Å². The molecule has 13 heavy (non-hydrogen) atoms. The van der Waals surface area contributed by atoms with Gasteiger partial charge in [-0.25, -0.2) is 0 Å². The summed E-state index contributed by atoms with van der Waals surface area (Å²) in [5, 5.41) is 0. The van der Waals surface area contributed by atoms with Gasteiger partial charge in [0, 0.05) is 38.2 Å². The Balaban J connectivity index is 1.81. The molecule has 2 fully saturated rings. The van der Waals surface area contributed by atoms with Crippen LogP contribution in [-0.2, 0) is 9.47 Å². The third kappa shape index (κ3) is 2.18. The van der Waals surface area contributed by atoms with Gasteiger partial charge in [-0.3, -0.25) is 0 Å². The lowest BCUT2D eigenvalue weighted by Crippen LogP contribution is -2.45. The maximum atomic E-state index is 5.64. The van der Waals surface area contributed by atoms with Crippen LogP contribution in [0.4, 0.5) is 0 Å². The highest BCUT2D eigenvalue weighted by atomic mass is 32.1. The molecule has 0 bridgehead atoms. The fourth-order valence-electron chi connectivity index (χ4n) is 2.04. The number of thiol groups is 1. The smallest absolute Gasteiger partial charge is 0.170 e. The monoisotopic (exact) mass is 203 g/mol. The van der Waals surface area contributed by atoms with Gasteiger partial charge in [0.15, 0.2) is 5.79 Å². The maximum Gasteiger partial charge on any atom is 0.170 e. The molecular formula is C9H17NO2S. The molecule has 76 valence electrons. The van der Waals surface area contributed by atoms with Crippen LogP contribution in [0.1, 0.15) is 12.8 Å². The van der Waals surface area contributed by atoms with Crippen molar-refractivity contribution in [2.45, 2.75) is 18.6 Å². The van der Waals surface area contributed by atoms with Crippen molar-refractivity contribution in [3.63, 3.8) is 0 Å². The zero-order valence-electron chi connectivity index (χ0n) is 7.87. The molecule has 0 atom stereocenters. The highest BCUT2D eigenvalue weighted by Gasteiger charge is 2.39. The van der Waals surface area contributed by atoms with Crippen molar-refractivity contribution in [2.24, 2.45) is 0 Å². The van der Waals surface area contributed by atoms with Crippen LogP contribution in [0, 0.1) is 0 Å². The molecular weight excluding hydrogens is 186 g/mol. The minimum Gasteiger partial charge on any atom is -0.347 e. The van der Waals surface area contributed by atoms with E-state index in [9.17, 15) is 0 Å². The van der Waals surface area contributed by atoms with Crippen molar-refractivity contribution < 1.29 is 9.47 Å². The lowest BCUT2D eigenvalue weighted by atomic mass is 10.0. The van der Waals surface area contributed by atoms with Crippen LogP contribution < -0.4 is 0 Å². The van der Waals surface area contributed by atoms with Crippen LogP contribution >= 0.6 is 12.6 Å². The number of hydrogen-bond acceptors (Lipinski definition) is 4. The average Bonchev–Trinajstić information content (AvgIpc) is 2.59. The Morgan fingerprint density at radius 1 is 1.15 bits per heavy atom. The Bertz CT molecular complexity index is 161. The van der Waals surface area contributed by atoms with Crippen LogP contribution in [-0.4, -0.2) is 49.3 Å². The summed E-state index contributed by atoms with van der Waals surface area (Å²) in [5.41, 5.74) is 0. The number of piperidine rings is 1. The van der Waals surface area contributed by atoms with Crippen LogP contribution in [0.2, 0.25) is 0 Å². The first-order valence-corrected chi connectivity index (χ1v) is 5.59. The second kappa shape index (κ2) is 4.17. The lowest BCUT2D eigenvalue weighted by molar-refractivity contribution is -0.184.